The van der Waals surface area contributed by atoms with Gasteiger partial charge in [0.2, 0.25) is 10.0 Å². The monoisotopic (exact) mass is 214 g/mol. The van der Waals surface area contributed by atoms with E-state index in [9.17, 15) is 13.2 Å². The zero-order chi connectivity index (χ0) is 10.6. The second-order valence-corrected chi connectivity index (χ2v) is 4.34. The summed E-state index contributed by atoms with van der Waals surface area (Å²) in [6.45, 7) is 0. The number of carbonyl (C=O) groups excluding carboxylic acids is 1. The minimum absolute atomic E-state index is 0.252. The lowest BCUT2D eigenvalue weighted by Gasteiger charge is -2.11. The van der Waals surface area contributed by atoms with E-state index in [4.69, 9.17) is 5.14 Å². The number of rotatable bonds is 4. The highest BCUT2D eigenvalue weighted by Crippen LogP contribution is 2.07. The first-order chi connectivity index (χ1) is 6.54. The first-order valence-electron chi connectivity index (χ1n) is 3.82. The molecule has 5 nitrogen and oxygen atoms in total. The van der Waals surface area contributed by atoms with Gasteiger partial charge < -0.3 is 5.32 Å². The van der Waals surface area contributed by atoms with Crippen molar-refractivity contribution in [2.45, 2.75) is 5.37 Å². The zero-order valence-corrected chi connectivity index (χ0v) is 8.07. The number of nitrogens with one attached hydrogen (secondary N) is 1. The molecule has 0 radical (unpaired) electrons. The van der Waals surface area contributed by atoms with Crippen molar-refractivity contribution >= 4 is 22.0 Å². The molecule has 0 heterocycles. The van der Waals surface area contributed by atoms with Gasteiger partial charge in [0.05, 0.1) is 0 Å². The van der Waals surface area contributed by atoms with E-state index in [1.165, 1.54) is 0 Å². The van der Waals surface area contributed by atoms with E-state index in [0.29, 0.717) is 5.69 Å². The maximum absolute atomic E-state index is 10.9. The summed E-state index contributed by atoms with van der Waals surface area (Å²) >= 11 is 0. The van der Waals surface area contributed by atoms with Gasteiger partial charge in [0.15, 0.2) is 11.7 Å². The molecule has 0 aliphatic heterocycles. The van der Waals surface area contributed by atoms with Crippen molar-refractivity contribution in [2.24, 2.45) is 5.14 Å². The molecule has 14 heavy (non-hydrogen) atoms. The van der Waals surface area contributed by atoms with Crippen LogP contribution in [0.3, 0.4) is 0 Å². The quantitative estimate of drug-likeness (QED) is 0.685. The zero-order valence-electron chi connectivity index (χ0n) is 7.25. The van der Waals surface area contributed by atoms with Gasteiger partial charge in [-0.2, -0.15) is 0 Å². The average molecular weight is 214 g/mol. The second-order valence-electron chi connectivity index (χ2n) is 2.66. The molecule has 0 spiro atoms. The van der Waals surface area contributed by atoms with Gasteiger partial charge in [-0.05, 0) is 12.1 Å². The molecule has 0 fully saturated rings. The van der Waals surface area contributed by atoms with E-state index < -0.39 is 15.4 Å². The van der Waals surface area contributed by atoms with Crippen LogP contribution >= 0.6 is 0 Å². The Hall–Kier alpha value is -1.40. The van der Waals surface area contributed by atoms with Gasteiger partial charge >= 0.3 is 0 Å². The molecule has 1 atom stereocenters. The van der Waals surface area contributed by atoms with Crippen LogP contribution in [0.25, 0.3) is 0 Å². The van der Waals surface area contributed by atoms with Crippen LogP contribution in [-0.2, 0) is 14.8 Å². The first-order valence-corrected chi connectivity index (χ1v) is 5.43. The van der Waals surface area contributed by atoms with Crippen molar-refractivity contribution in [3.63, 3.8) is 0 Å². The lowest BCUT2D eigenvalue weighted by molar-refractivity contribution is -0.107. The van der Waals surface area contributed by atoms with Gasteiger partial charge in [-0.1, -0.05) is 18.2 Å². The normalized spacial score (nSPS) is 13.2. The van der Waals surface area contributed by atoms with Crippen molar-refractivity contribution in [1.82, 2.24) is 0 Å². The summed E-state index contributed by atoms with van der Waals surface area (Å²) in [6.07, 6.45) is 0.252. The molecule has 1 aromatic carbocycles. The van der Waals surface area contributed by atoms with Crippen molar-refractivity contribution in [3.8, 4) is 0 Å². The number of sulfonamides is 1. The van der Waals surface area contributed by atoms with Crippen LogP contribution in [0.2, 0.25) is 0 Å². The van der Waals surface area contributed by atoms with Gasteiger partial charge in [-0.25, -0.2) is 13.6 Å². The van der Waals surface area contributed by atoms with Gasteiger partial charge in [0.1, 0.15) is 0 Å². The Balaban J connectivity index is 2.82. The number of hydrogen-bond donors (Lipinski definition) is 2. The number of primary sulfonamides is 1. The number of aldehydes is 1. The van der Waals surface area contributed by atoms with Crippen LogP contribution in [0.4, 0.5) is 5.69 Å². The van der Waals surface area contributed by atoms with Gasteiger partial charge in [-0.15, -0.1) is 0 Å². The molecule has 0 saturated carbocycles. The highest BCUT2D eigenvalue weighted by molar-refractivity contribution is 7.90. The highest BCUT2D eigenvalue weighted by atomic mass is 32.2. The minimum Gasteiger partial charge on any atom is -0.362 e. The number of benzene rings is 1. The molecule has 0 saturated heterocycles. The van der Waals surface area contributed by atoms with Crippen LogP contribution in [-0.4, -0.2) is 20.1 Å². The maximum atomic E-state index is 10.9. The Bertz CT molecular complexity index is 402. The van der Waals surface area contributed by atoms with Crippen molar-refractivity contribution in [3.05, 3.63) is 30.3 Å². The predicted octanol–water partition coefficient (Wildman–Crippen LogP) is -0.0880. The minimum atomic E-state index is -3.89. The number of hydrogen-bond acceptors (Lipinski definition) is 4. The van der Waals surface area contributed by atoms with Crippen molar-refractivity contribution < 1.29 is 13.2 Å². The Morgan fingerprint density at radius 3 is 2.29 bits per heavy atom. The van der Waals surface area contributed by atoms with Crippen molar-refractivity contribution in [2.75, 3.05) is 5.32 Å². The molecule has 1 aromatic rings. The topological polar surface area (TPSA) is 89.3 Å². The van der Waals surface area contributed by atoms with Crippen LogP contribution in [0, 0.1) is 0 Å². The number of carbonyl (C=O) groups is 1. The van der Waals surface area contributed by atoms with Gasteiger partial charge in [0.25, 0.3) is 0 Å². The van der Waals surface area contributed by atoms with E-state index in [1.54, 1.807) is 30.3 Å². The summed E-state index contributed by atoms with van der Waals surface area (Å²) < 4.78 is 21.7. The number of nitrogens with two attached hydrogens (primary N) is 1. The number of anilines is 1. The van der Waals surface area contributed by atoms with E-state index in [0.717, 1.165) is 0 Å². The van der Waals surface area contributed by atoms with Crippen molar-refractivity contribution in [1.29, 1.82) is 0 Å². The number of para-hydroxylation sites is 1. The lowest BCUT2D eigenvalue weighted by Crippen LogP contribution is -2.36. The van der Waals surface area contributed by atoms with Crippen LogP contribution in [0.1, 0.15) is 0 Å². The molecule has 76 valence electrons. The average Bonchev–Trinajstić information content (AvgIpc) is 2.14. The fourth-order valence-electron chi connectivity index (χ4n) is 0.892. The Morgan fingerprint density at radius 1 is 1.29 bits per heavy atom. The smallest absolute Gasteiger partial charge is 0.237 e. The molecule has 1 rings (SSSR count). The molecule has 6 heteroatoms. The van der Waals surface area contributed by atoms with E-state index in [-0.39, 0.29) is 6.29 Å². The lowest BCUT2D eigenvalue weighted by atomic mass is 10.3. The van der Waals surface area contributed by atoms with E-state index >= 15 is 0 Å². The summed E-state index contributed by atoms with van der Waals surface area (Å²) in [5.74, 6) is 0. The fourth-order valence-corrected chi connectivity index (χ4v) is 1.35. The SMILES string of the molecule is NS(=O)(=O)C(C=O)Nc1ccccc1. The summed E-state index contributed by atoms with van der Waals surface area (Å²) in [6, 6.07) is 8.49. The van der Waals surface area contributed by atoms with Crippen LogP contribution in [0.5, 0.6) is 0 Å². The Labute approximate surface area is 82.0 Å². The Kier molecular flexibility index (Phi) is 3.21. The summed E-state index contributed by atoms with van der Waals surface area (Å²) in [4.78, 5) is 10.4. The fraction of sp³-hybridized carbons (Fsp3) is 0.125. The summed E-state index contributed by atoms with van der Waals surface area (Å²) in [5.41, 5.74) is 0.527. The van der Waals surface area contributed by atoms with Crippen LogP contribution in [0.15, 0.2) is 30.3 Å². The molecule has 0 amide bonds. The predicted molar refractivity (Wildman–Crippen MR) is 53.0 cm³/mol. The standard InChI is InChI=1S/C8H10N2O3S/c9-14(12,13)8(6-11)10-7-4-2-1-3-5-7/h1-6,8,10H,(H2,9,12,13). The third kappa shape index (κ3) is 2.82. The van der Waals surface area contributed by atoms with Gasteiger partial charge in [-0.3, -0.25) is 4.79 Å². The molecule has 0 aliphatic rings. The molecule has 0 aromatic heterocycles. The second kappa shape index (κ2) is 4.21. The molecule has 1 unspecified atom stereocenters. The molecule has 0 bridgehead atoms. The third-order valence-corrected chi connectivity index (χ3v) is 2.50. The molecule has 3 N–H and O–H groups in total. The summed E-state index contributed by atoms with van der Waals surface area (Å²) in [5, 5.41) is 5.91. The molecule has 0 aliphatic carbocycles. The highest BCUT2D eigenvalue weighted by Gasteiger charge is 2.19. The first kappa shape index (κ1) is 10.7. The van der Waals surface area contributed by atoms with E-state index in [2.05, 4.69) is 5.32 Å². The van der Waals surface area contributed by atoms with E-state index in [1.807, 2.05) is 0 Å². The van der Waals surface area contributed by atoms with Gasteiger partial charge in [0, 0.05) is 5.69 Å². The third-order valence-electron chi connectivity index (χ3n) is 1.56. The largest absolute Gasteiger partial charge is 0.362 e. The van der Waals surface area contributed by atoms with Crippen LogP contribution < -0.4 is 10.5 Å². The summed E-state index contributed by atoms with van der Waals surface area (Å²) in [7, 11) is -3.89. The molecular weight excluding hydrogens is 204 g/mol. The maximum Gasteiger partial charge on any atom is 0.237 e. The Morgan fingerprint density at radius 2 is 1.86 bits per heavy atom. The molecular formula is C8H10N2O3S.